The molecule has 0 aliphatic carbocycles. The number of hydrogen-bond acceptors (Lipinski definition) is 0. The molecule has 0 bridgehead atoms. The minimum atomic E-state index is -0.830. The third-order valence-electron chi connectivity index (χ3n) is 1.52. The molecule has 0 saturated carbocycles. The van der Waals surface area contributed by atoms with Crippen LogP contribution in [0.3, 0.4) is 0 Å². The maximum absolute atomic E-state index is 12.6. The van der Waals surface area contributed by atoms with E-state index in [0.29, 0.717) is 11.1 Å². The van der Waals surface area contributed by atoms with Crippen molar-refractivity contribution < 1.29 is 41.5 Å². The molecule has 0 heterocycles. The Morgan fingerprint density at radius 3 is 2.27 bits per heavy atom. The standard InChI is InChI=1S/C8H7F2.Y/c1-5-3-4-7(9)8(10)6(5)2;/h4H,1-2H3;/q-1;. The fraction of sp³-hybridized carbons (Fsp3) is 0.250. The molecule has 0 aliphatic heterocycles. The van der Waals surface area contributed by atoms with E-state index in [1.807, 2.05) is 0 Å². The van der Waals surface area contributed by atoms with Crippen LogP contribution in [0.2, 0.25) is 0 Å². The van der Waals surface area contributed by atoms with Crippen LogP contribution in [-0.4, -0.2) is 0 Å². The van der Waals surface area contributed by atoms with E-state index in [-0.39, 0.29) is 32.7 Å². The minimum absolute atomic E-state index is 0. The van der Waals surface area contributed by atoms with Crippen LogP contribution in [0.1, 0.15) is 11.1 Å². The Labute approximate surface area is 89.9 Å². The summed E-state index contributed by atoms with van der Waals surface area (Å²) in [5.41, 5.74) is 0.985. The average Bonchev–Trinajstić information content (AvgIpc) is 1.93. The smallest absolute Gasteiger partial charge is 0.0525 e. The molecule has 1 aromatic carbocycles. The van der Waals surface area contributed by atoms with E-state index in [1.54, 1.807) is 6.92 Å². The summed E-state index contributed by atoms with van der Waals surface area (Å²) in [6, 6.07) is 3.61. The largest absolute Gasteiger partial charge is 0.281 e. The molecule has 11 heavy (non-hydrogen) atoms. The topological polar surface area (TPSA) is 0 Å². The summed E-state index contributed by atoms with van der Waals surface area (Å²) in [5.74, 6) is -1.60. The van der Waals surface area contributed by atoms with Gasteiger partial charge in [0.25, 0.3) is 0 Å². The van der Waals surface area contributed by atoms with Crippen LogP contribution in [0.25, 0.3) is 0 Å². The van der Waals surface area contributed by atoms with Gasteiger partial charge in [-0.3, -0.25) is 4.39 Å². The van der Waals surface area contributed by atoms with E-state index in [9.17, 15) is 8.78 Å². The molecule has 0 amide bonds. The van der Waals surface area contributed by atoms with Gasteiger partial charge in [0, 0.05) is 38.5 Å². The first-order chi connectivity index (χ1) is 4.63. The molecule has 0 nitrogen and oxygen atoms in total. The maximum atomic E-state index is 12.6. The molecular weight excluding hydrogens is 223 g/mol. The van der Waals surface area contributed by atoms with Gasteiger partial charge in [-0.25, -0.2) is 4.39 Å². The molecule has 0 aliphatic rings. The van der Waals surface area contributed by atoms with E-state index in [1.165, 1.54) is 6.92 Å². The molecule has 0 fully saturated rings. The van der Waals surface area contributed by atoms with Crippen molar-refractivity contribution in [1.29, 1.82) is 0 Å². The van der Waals surface area contributed by atoms with Gasteiger partial charge in [0.1, 0.15) is 0 Å². The number of benzene rings is 1. The van der Waals surface area contributed by atoms with Crippen molar-refractivity contribution in [3.05, 3.63) is 34.9 Å². The van der Waals surface area contributed by atoms with Crippen molar-refractivity contribution in [1.82, 2.24) is 0 Å². The predicted octanol–water partition coefficient (Wildman–Crippen LogP) is 2.38. The number of halogens is 2. The van der Waals surface area contributed by atoms with Gasteiger partial charge in [0.05, 0.1) is 5.82 Å². The number of rotatable bonds is 0. The van der Waals surface area contributed by atoms with Crippen LogP contribution in [-0.2, 0) is 32.7 Å². The van der Waals surface area contributed by atoms with Gasteiger partial charge >= 0.3 is 0 Å². The molecule has 0 atom stereocenters. The van der Waals surface area contributed by atoms with Crippen molar-refractivity contribution in [2.75, 3.05) is 0 Å². The second-order valence-corrected chi connectivity index (χ2v) is 2.20. The van der Waals surface area contributed by atoms with Crippen molar-refractivity contribution in [2.45, 2.75) is 13.8 Å². The second-order valence-electron chi connectivity index (χ2n) is 2.20. The Bertz CT molecular complexity index is 232. The van der Waals surface area contributed by atoms with Crippen LogP contribution in [0.15, 0.2) is 6.07 Å². The molecular formula is C8H7F2Y-. The molecule has 1 rings (SSSR count). The Balaban J connectivity index is 0.000001000. The van der Waals surface area contributed by atoms with Crippen LogP contribution in [0.4, 0.5) is 8.78 Å². The molecule has 0 unspecified atom stereocenters. The SMILES string of the molecule is Cc1[c-]cc(F)c(F)c1C.[Y]. The number of hydrogen-bond donors (Lipinski definition) is 0. The molecule has 0 spiro atoms. The molecule has 0 N–H and O–H groups in total. The van der Waals surface area contributed by atoms with E-state index >= 15 is 0 Å². The zero-order valence-corrected chi connectivity index (χ0v) is 9.25. The summed E-state index contributed by atoms with van der Waals surface area (Å²) < 4.78 is 24.9. The number of aryl methyl sites for hydroxylation is 1. The van der Waals surface area contributed by atoms with Crippen molar-refractivity contribution in [3.8, 4) is 0 Å². The first kappa shape index (κ1) is 11.2. The van der Waals surface area contributed by atoms with Crippen LogP contribution < -0.4 is 0 Å². The Morgan fingerprint density at radius 1 is 1.27 bits per heavy atom. The monoisotopic (exact) mass is 230 g/mol. The van der Waals surface area contributed by atoms with E-state index in [0.717, 1.165) is 6.07 Å². The van der Waals surface area contributed by atoms with Crippen LogP contribution in [0, 0.1) is 31.5 Å². The van der Waals surface area contributed by atoms with Crippen LogP contribution in [0.5, 0.6) is 0 Å². The third kappa shape index (κ3) is 2.31. The fourth-order valence-electron chi connectivity index (χ4n) is 0.687. The molecule has 1 radical (unpaired) electrons. The van der Waals surface area contributed by atoms with Gasteiger partial charge in [-0.2, -0.15) is 11.6 Å². The predicted molar refractivity (Wildman–Crippen MR) is 34.7 cm³/mol. The van der Waals surface area contributed by atoms with E-state index in [4.69, 9.17) is 0 Å². The maximum Gasteiger partial charge on any atom is 0.0525 e. The van der Waals surface area contributed by atoms with Crippen molar-refractivity contribution in [3.63, 3.8) is 0 Å². The average molecular weight is 230 g/mol. The zero-order valence-electron chi connectivity index (χ0n) is 6.41. The van der Waals surface area contributed by atoms with Gasteiger partial charge in [-0.15, -0.1) is 11.6 Å². The summed E-state index contributed by atoms with van der Waals surface area (Å²) in [6.07, 6.45) is 0. The van der Waals surface area contributed by atoms with Gasteiger partial charge in [0.15, 0.2) is 0 Å². The van der Waals surface area contributed by atoms with Crippen molar-refractivity contribution >= 4 is 0 Å². The van der Waals surface area contributed by atoms with Crippen molar-refractivity contribution in [2.24, 2.45) is 0 Å². The first-order valence-corrected chi connectivity index (χ1v) is 2.96. The summed E-state index contributed by atoms with van der Waals surface area (Å²) in [6.45, 7) is 3.22. The summed E-state index contributed by atoms with van der Waals surface area (Å²) in [4.78, 5) is 0. The van der Waals surface area contributed by atoms with Gasteiger partial charge < -0.3 is 0 Å². The third-order valence-corrected chi connectivity index (χ3v) is 1.52. The fourth-order valence-corrected chi connectivity index (χ4v) is 0.687. The Hall–Kier alpha value is 0.184. The molecule has 57 valence electrons. The minimum Gasteiger partial charge on any atom is -0.281 e. The van der Waals surface area contributed by atoms with Gasteiger partial charge in [0.2, 0.25) is 0 Å². The second kappa shape index (κ2) is 4.27. The Kier molecular flexibility index (Phi) is 4.34. The molecule has 3 heteroatoms. The van der Waals surface area contributed by atoms with Gasteiger partial charge in [-0.1, -0.05) is 13.8 Å². The quantitative estimate of drug-likeness (QED) is 0.600. The summed E-state index contributed by atoms with van der Waals surface area (Å²) >= 11 is 0. The van der Waals surface area contributed by atoms with Crippen LogP contribution >= 0.6 is 0 Å². The molecule has 0 aromatic heterocycles. The first-order valence-electron chi connectivity index (χ1n) is 2.96. The van der Waals surface area contributed by atoms with E-state index in [2.05, 4.69) is 6.07 Å². The van der Waals surface area contributed by atoms with Gasteiger partial charge in [-0.05, 0) is 0 Å². The van der Waals surface area contributed by atoms with E-state index < -0.39 is 11.6 Å². The summed E-state index contributed by atoms with van der Waals surface area (Å²) in [5, 5.41) is 0. The summed E-state index contributed by atoms with van der Waals surface area (Å²) in [7, 11) is 0. The molecule has 1 aromatic rings. The zero-order chi connectivity index (χ0) is 7.72. The normalized spacial score (nSPS) is 9.09. The molecule has 0 saturated heterocycles. The Morgan fingerprint density at radius 2 is 1.82 bits per heavy atom.